The number of rotatable bonds is 6. The molecule has 0 unspecified atom stereocenters. The third-order valence-electron chi connectivity index (χ3n) is 10.2. The predicted octanol–water partition coefficient (Wildman–Crippen LogP) is 12.2. The Labute approximate surface area is 317 Å². The van der Waals surface area contributed by atoms with Crippen molar-refractivity contribution in [1.82, 2.24) is 15.0 Å². The first kappa shape index (κ1) is 32.2. The number of fused-ring (bicyclic) bond motifs is 8. The van der Waals surface area contributed by atoms with Crippen LogP contribution in [0.3, 0.4) is 0 Å². The second-order valence-corrected chi connectivity index (χ2v) is 13.7. The third kappa shape index (κ3) is 5.86. The van der Waals surface area contributed by atoms with Crippen molar-refractivity contribution in [2.45, 2.75) is 6.92 Å². The average Bonchev–Trinajstić information content (AvgIpc) is 3.85. The average molecular weight is 708 g/mol. The number of hydrogen-bond donors (Lipinski definition) is 0. The molecule has 0 radical (unpaired) electrons. The van der Waals surface area contributed by atoms with Crippen LogP contribution in [-0.2, 0) is 0 Å². The first-order chi connectivity index (χ1) is 27.1. The van der Waals surface area contributed by atoms with Gasteiger partial charge in [-0.2, -0.15) is 4.80 Å². The minimum atomic E-state index is 0.569. The van der Waals surface area contributed by atoms with E-state index in [1.54, 1.807) is 4.80 Å². The SMILES string of the molecule is C=C(N=C(N=C(C)c1ccc(-c2ccccc2)cc1)c1ccc2oc3ccccc3c2c1)c1ccc2c(ccc3ccc4nn(-c5ccccc5)nc4c32)c1. The zero-order valence-electron chi connectivity index (χ0n) is 30.0. The Hall–Kier alpha value is -7.44. The second-order valence-electron chi connectivity index (χ2n) is 13.7. The monoisotopic (exact) mass is 707 g/mol. The van der Waals surface area contributed by atoms with E-state index in [4.69, 9.17) is 24.6 Å². The topological polar surface area (TPSA) is 68.6 Å². The zero-order valence-corrected chi connectivity index (χ0v) is 30.0. The van der Waals surface area contributed by atoms with Gasteiger partial charge in [-0.1, -0.05) is 128 Å². The number of aliphatic imine (C=N–C) groups is 2. The molecule has 0 bridgehead atoms. The smallest absolute Gasteiger partial charge is 0.160 e. The van der Waals surface area contributed by atoms with E-state index >= 15 is 0 Å². The fourth-order valence-electron chi connectivity index (χ4n) is 7.35. The lowest BCUT2D eigenvalue weighted by Gasteiger charge is -2.10. The molecule has 0 aliphatic carbocycles. The number of furan rings is 1. The van der Waals surface area contributed by atoms with Crippen LogP contribution >= 0.6 is 0 Å². The number of benzene rings is 8. The Kier molecular flexibility index (Phi) is 7.74. The summed E-state index contributed by atoms with van der Waals surface area (Å²) in [5, 5.41) is 16.1. The molecule has 0 aliphatic rings. The molecule has 10 rings (SSSR count). The molecular weight excluding hydrogens is 675 g/mol. The summed E-state index contributed by atoms with van der Waals surface area (Å²) < 4.78 is 6.15. The first-order valence-electron chi connectivity index (χ1n) is 18.2. The van der Waals surface area contributed by atoms with Gasteiger partial charge in [0.25, 0.3) is 0 Å². The molecule has 6 nitrogen and oxygen atoms in total. The highest BCUT2D eigenvalue weighted by Crippen LogP contribution is 2.34. The van der Waals surface area contributed by atoms with E-state index in [0.29, 0.717) is 11.5 Å². The van der Waals surface area contributed by atoms with Crippen LogP contribution in [-0.4, -0.2) is 26.5 Å². The number of amidine groups is 1. The number of aromatic nitrogens is 3. The zero-order chi connectivity index (χ0) is 36.9. The van der Waals surface area contributed by atoms with E-state index in [2.05, 4.69) is 104 Å². The van der Waals surface area contributed by atoms with Crippen LogP contribution in [0, 0.1) is 0 Å². The summed E-state index contributed by atoms with van der Waals surface area (Å²) in [5.41, 5.74) is 10.9. The summed E-state index contributed by atoms with van der Waals surface area (Å²) in [5.74, 6) is 0.569. The molecule has 0 saturated carbocycles. The summed E-state index contributed by atoms with van der Waals surface area (Å²) >= 11 is 0. The van der Waals surface area contributed by atoms with Crippen molar-refractivity contribution in [1.29, 1.82) is 0 Å². The van der Waals surface area contributed by atoms with Crippen molar-refractivity contribution in [3.63, 3.8) is 0 Å². The lowest BCUT2D eigenvalue weighted by molar-refractivity contribution is 0.669. The van der Waals surface area contributed by atoms with E-state index in [0.717, 1.165) is 88.2 Å². The standard InChI is InChI=1S/C49H33N5O/c1-31(33-17-19-35(20-18-33)34-11-5-3-6-12-34)50-49(39-25-28-46-43(30-39)42-15-9-10-16-45(42)55-46)51-32(2)37-23-26-41-38(29-37)22-21-36-24-27-44-48(47(36)41)53-54(52-44)40-13-7-4-8-14-40/h3-30H,2H2,1H3. The van der Waals surface area contributed by atoms with Crippen molar-refractivity contribution < 1.29 is 4.42 Å². The summed E-state index contributed by atoms with van der Waals surface area (Å²) in [6, 6.07) is 57.9. The van der Waals surface area contributed by atoms with Gasteiger partial charge in [-0.3, -0.25) is 0 Å². The highest BCUT2D eigenvalue weighted by atomic mass is 16.3. The molecule has 10 aromatic rings. The van der Waals surface area contributed by atoms with E-state index in [-0.39, 0.29) is 0 Å². The van der Waals surface area contributed by atoms with E-state index in [1.807, 2.05) is 79.7 Å². The molecule has 55 heavy (non-hydrogen) atoms. The Balaban J connectivity index is 1.06. The van der Waals surface area contributed by atoms with Crippen LogP contribution < -0.4 is 0 Å². The van der Waals surface area contributed by atoms with Gasteiger partial charge in [0.05, 0.1) is 11.4 Å². The second kappa shape index (κ2) is 13.2. The van der Waals surface area contributed by atoms with Gasteiger partial charge < -0.3 is 4.42 Å². The van der Waals surface area contributed by atoms with Gasteiger partial charge in [0.15, 0.2) is 5.84 Å². The minimum absolute atomic E-state index is 0.569. The van der Waals surface area contributed by atoms with E-state index in [9.17, 15) is 0 Å². The molecule has 2 heterocycles. The Morgan fingerprint density at radius 1 is 0.545 bits per heavy atom. The highest BCUT2D eigenvalue weighted by Gasteiger charge is 2.15. The fourth-order valence-corrected chi connectivity index (χ4v) is 7.35. The van der Waals surface area contributed by atoms with Crippen LogP contribution in [0.4, 0.5) is 0 Å². The summed E-state index contributed by atoms with van der Waals surface area (Å²) in [6.45, 7) is 6.50. The van der Waals surface area contributed by atoms with Gasteiger partial charge in [0.2, 0.25) is 0 Å². The molecule has 0 N–H and O–H groups in total. The third-order valence-corrected chi connectivity index (χ3v) is 10.2. The molecule has 0 spiro atoms. The maximum absolute atomic E-state index is 6.15. The number of para-hydroxylation sites is 2. The maximum atomic E-state index is 6.15. The molecule has 8 aromatic carbocycles. The Morgan fingerprint density at radius 2 is 1.22 bits per heavy atom. The van der Waals surface area contributed by atoms with Crippen molar-refractivity contribution >= 4 is 71.8 Å². The van der Waals surface area contributed by atoms with Crippen LogP contribution in [0.15, 0.2) is 191 Å². The lowest BCUT2D eigenvalue weighted by atomic mass is 9.98. The largest absolute Gasteiger partial charge is 0.456 e. The van der Waals surface area contributed by atoms with Crippen molar-refractivity contribution in [2.24, 2.45) is 9.98 Å². The minimum Gasteiger partial charge on any atom is -0.456 e. The molecule has 0 fully saturated rings. The highest BCUT2D eigenvalue weighted by molar-refractivity contribution is 6.19. The molecule has 0 aliphatic heterocycles. The van der Waals surface area contributed by atoms with Crippen LogP contribution in [0.25, 0.3) is 77.0 Å². The van der Waals surface area contributed by atoms with Gasteiger partial charge in [-0.15, -0.1) is 10.2 Å². The quantitative estimate of drug-likeness (QED) is 0.0981. The molecule has 260 valence electrons. The number of hydrogen-bond acceptors (Lipinski definition) is 4. The van der Waals surface area contributed by atoms with Gasteiger partial charge in [-0.25, -0.2) is 9.98 Å². The van der Waals surface area contributed by atoms with Crippen LogP contribution in [0.1, 0.15) is 23.6 Å². The van der Waals surface area contributed by atoms with Crippen molar-refractivity contribution in [2.75, 3.05) is 0 Å². The summed E-state index contributed by atoms with van der Waals surface area (Å²) in [6.07, 6.45) is 0. The van der Waals surface area contributed by atoms with Crippen LogP contribution in [0.2, 0.25) is 0 Å². The Morgan fingerprint density at radius 3 is 2.05 bits per heavy atom. The molecular formula is C49H33N5O. The molecule has 0 amide bonds. The maximum Gasteiger partial charge on any atom is 0.160 e. The summed E-state index contributed by atoms with van der Waals surface area (Å²) in [7, 11) is 0. The van der Waals surface area contributed by atoms with Crippen LogP contribution in [0.5, 0.6) is 0 Å². The predicted molar refractivity (Wildman–Crippen MR) is 227 cm³/mol. The Bertz CT molecular complexity index is 3150. The van der Waals surface area contributed by atoms with Gasteiger partial charge >= 0.3 is 0 Å². The van der Waals surface area contributed by atoms with Gasteiger partial charge in [0.1, 0.15) is 22.2 Å². The van der Waals surface area contributed by atoms with E-state index < -0.39 is 0 Å². The van der Waals surface area contributed by atoms with E-state index in [1.165, 1.54) is 5.56 Å². The molecule has 2 aromatic heterocycles. The molecule has 6 heteroatoms. The molecule has 0 atom stereocenters. The van der Waals surface area contributed by atoms with Crippen molar-refractivity contribution in [3.8, 4) is 16.8 Å². The normalized spacial score (nSPS) is 12.4. The van der Waals surface area contributed by atoms with Crippen molar-refractivity contribution in [3.05, 3.63) is 193 Å². The lowest BCUT2D eigenvalue weighted by Crippen LogP contribution is -2.04. The fraction of sp³-hybridized carbons (Fsp3) is 0.0204. The number of nitrogens with zero attached hydrogens (tertiary/aromatic N) is 5. The molecule has 0 saturated heterocycles. The first-order valence-corrected chi connectivity index (χ1v) is 18.2. The summed E-state index contributed by atoms with van der Waals surface area (Å²) in [4.78, 5) is 12.0. The van der Waals surface area contributed by atoms with Gasteiger partial charge in [0, 0.05) is 33.0 Å². The van der Waals surface area contributed by atoms with Gasteiger partial charge in [-0.05, 0) is 88.3 Å².